The highest BCUT2D eigenvalue weighted by molar-refractivity contribution is 5.92. The van der Waals surface area contributed by atoms with Crippen LogP contribution < -0.4 is 10.1 Å². The van der Waals surface area contributed by atoms with Crippen LogP contribution in [-0.4, -0.2) is 62.4 Å². The van der Waals surface area contributed by atoms with Crippen molar-refractivity contribution in [1.29, 1.82) is 0 Å². The molecule has 3 aliphatic rings. The molecule has 1 aromatic carbocycles. The van der Waals surface area contributed by atoms with E-state index < -0.39 is 0 Å². The van der Waals surface area contributed by atoms with E-state index in [1.54, 1.807) is 0 Å². The van der Waals surface area contributed by atoms with E-state index in [0.717, 1.165) is 31.5 Å². The number of nitrogens with zero attached hydrogens (tertiary/aromatic N) is 5. The number of benzene rings is 1. The number of amides is 2. The lowest BCUT2D eigenvalue weighted by Crippen LogP contribution is -2.47. The Morgan fingerprint density at radius 3 is 2.74 bits per heavy atom. The van der Waals surface area contributed by atoms with Crippen LogP contribution in [-0.2, 0) is 18.4 Å². The summed E-state index contributed by atoms with van der Waals surface area (Å²) in [5.41, 5.74) is 0.916. The number of likely N-dealkylation sites (tertiary alicyclic amines) is 1. The van der Waals surface area contributed by atoms with Gasteiger partial charge in [0.25, 0.3) is 17.7 Å². The number of carbonyl (C=O) groups is 2. The molecule has 1 aliphatic carbocycles. The molecule has 1 saturated carbocycles. The summed E-state index contributed by atoms with van der Waals surface area (Å²) >= 11 is 0. The molecule has 4 heterocycles. The molecule has 2 aliphatic heterocycles. The minimum Gasteiger partial charge on any atom is -0.479 e. The predicted molar refractivity (Wildman–Crippen MR) is 119 cm³/mol. The Labute approximate surface area is 196 Å². The van der Waals surface area contributed by atoms with Crippen molar-refractivity contribution >= 4 is 11.8 Å². The Kier molecular flexibility index (Phi) is 4.89. The molecular weight excluding hydrogens is 436 g/mol. The zero-order valence-corrected chi connectivity index (χ0v) is 18.9. The Morgan fingerprint density at radius 2 is 2.00 bits per heavy atom. The first-order chi connectivity index (χ1) is 16.6. The molecule has 10 heteroatoms. The molecule has 2 amide bonds. The second kappa shape index (κ2) is 7.96. The van der Waals surface area contributed by atoms with Gasteiger partial charge in [0.1, 0.15) is 5.82 Å². The number of carbonyl (C=O) groups excluding carboxylic acids is 2. The molecule has 2 fully saturated rings. The Morgan fingerprint density at radius 1 is 1.18 bits per heavy atom. The van der Waals surface area contributed by atoms with Crippen molar-refractivity contribution in [2.45, 2.75) is 56.1 Å². The number of hydrogen-bond acceptors (Lipinski definition) is 7. The average Bonchev–Trinajstić information content (AvgIpc) is 3.29. The van der Waals surface area contributed by atoms with Crippen LogP contribution in [0.5, 0.6) is 5.88 Å². The second-order valence-electron chi connectivity index (χ2n) is 9.32. The Balaban J connectivity index is 1.40. The minimum absolute atomic E-state index is 0.139. The van der Waals surface area contributed by atoms with Crippen LogP contribution in [0.4, 0.5) is 0 Å². The van der Waals surface area contributed by atoms with Crippen molar-refractivity contribution in [3.05, 3.63) is 59.4 Å². The van der Waals surface area contributed by atoms with Crippen molar-refractivity contribution in [2.24, 2.45) is 0 Å². The Bertz CT molecular complexity index is 1230. The van der Waals surface area contributed by atoms with E-state index in [4.69, 9.17) is 9.26 Å². The minimum atomic E-state index is -0.272. The number of methoxy groups -OCH3 is 1. The molecular formula is C24H26N6O4. The van der Waals surface area contributed by atoms with Crippen LogP contribution in [0.15, 0.2) is 40.9 Å². The summed E-state index contributed by atoms with van der Waals surface area (Å²) in [6, 6.07) is 11.9. The van der Waals surface area contributed by atoms with Crippen molar-refractivity contribution in [3.63, 3.8) is 0 Å². The van der Waals surface area contributed by atoms with Crippen LogP contribution in [0.1, 0.15) is 58.2 Å². The predicted octanol–water partition coefficient (Wildman–Crippen LogP) is 1.97. The van der Waals surface area contributed by atoms with Crippen molar-refractivity contribution < 1.29 is 18.8 Å². The summed E-state index contributed by atoms with van der Waals surface area (Å²) in [6.07, 6.45) is 4.27. The van der Waals surface area contributed by atoms with Gasteiger partial charge in [-0.05, 0) is 36.4 Å². The lowest BCUT2D eigenvalue weighted by Gasteiger charge is -2.37. The molecule has 10 nitrogen and oxygen atoms in total. The van der Waals surface area contributed by atoms with Crippen molar-refractivity contribution in [3.8, 4) is 5.88 Å². The van der Waals surface area contributed by atoms with E-state index in [1.807, 2.05) is 27.7 Å². The van der Waals surface area contributed by atoms with Crippen molar-refractivity contribution in [2.75, 3.05) is 13.7 Å². The lowest BCUT2D eigenvalue weighted by molar-refractivity contribution is 0.0645. The van der Waals surface area contributed by atoms with Gasteiger partial charge in [0.15, 0.2) is 0 Å². The van der Waals surface area contributed by atoms with Crippen LogP contribution in [0, 0.1) is 0 Å². The molecule has 0 bridgehead atoms. The fraction of sp³-hybridized carbons (Fsp3) is 0.458. The average molecular weight is 463 g/mol. The SMILES string of the molecule is COc1cc(C(=O)N2CC[C@]3(c4ccccc4)CCc4nnc(C(=O)NC5CC5)n4C[C@H]23)on1. The van der Waals surface area contributed by atoms with Gasteiger partial charge < -0.3 is 24.0 Å². The monoisotopic (exact) mass is 462 g/mol. The fourth-order valence-electron chi connectivity index (χ4n) is 5.46. The third kappa shape index (κ3) is 3.36. The summed E-state index contributed by atoms with van der Waals surface area (Å²) in [4.78, 5) is 28.3. The van der Waals surface area contributed by atoms with Crippen molar-refractivity contribution in [1.82, 2.24) is 30.1 Å². The van der Waals surface area contributed by atoms with E-state index in [-0.39, 0.29) is 41.0 Å². The quantitative estimate of drug-likeness (QED) is 0.616. The van der Waals surface area contributed by atoms with Gasteiger partial charge in [-0.1, -0.05) is 30.3 Å². The number of rotatable bonds is 5. The highest BCUT2D eigenvalue weighted by atomic mass is 16.5. The molecule has 1 N–H and O–H groups in total. The first-order valence-electron chi connectivity index (χ1n) is 11.7. The van der Waals surface area contributed by atoms with Crippen LogP contribution in [0.25, 0.3) is 0 Å². The van der Waals surface area contributed by atoms with Crippen LogP contribution in [0.3, 0.4) is 0 Å². The van der Waals surface area contributed by atoms with Gasteiger partial charge in [0.05, 0.1) is 19.2 Å². The molecule has 3 aromatic rings. The number of aryl methyl sites for hydroxylation is 1. The molecule has 1 saturated heterocycles. The molecule has 34 heavy (non-hydrogen) atoms. The lowest BCUT2D eigenvalue weighted by atomic mass is 9.71. The van der Waals surface area contributed by atoms with E-state index in [2.05, 4.69) is 32.8 Å². The molecule has 2 aromatic heterocycles. The molecule has 0 spiro atoms. The standard InChI is InChI=1S/C24H26N6O4/c1-33-20-13-17(34-28-20)23(32)29-12-11-24(15-5-3-2-4-6-15)10-9-19-26-27-21(30(19)14-18(24)29)22(31)25-16-7-8-16/h2-6,13,16,18H,7-12,14H2,1H3,(H,25,31)/t18-,24-/m0/s1. The summed E-state index contributed by atoms with van der Waals surface area (Å²) < 4.78 is 12.3. The topological polar surface area (TPSA) is 115 Å². The maximum absolute atomic E-state index is 13.6. The summed E-state index contributed by atoms with van der Waals surface area (Å²) in [6.45, 7) is 1.00. The molecule has 0 unspecified atom stereocenters. The second-order valence-corrected chi connectivity index (χ2v) is 9.32. The van der Waals surface area contributed by atoms with Crippen LogP contribution >= 0.6 is 0 Å². The Hall–Kier alpha value is -3.69. The summed E-state index contributed by atoms with van der Waals surface area (Å²) in [5.74, 6) is 1.05. The first kappa shape index (κ1) is 20.9. The zero-order chi connectivity index (χ0) is 23.3. The smallest absolute Gasteiger partial charge is 0.292 e. The largest absolute Gasteiger partial charge is 0.479 e. The number of fused-ring (bicyclic) bond motifs is 2. The zero-order valence-electron chi connectivity index (χ0n) is 18.9. The fourth-order valence-corrected chi connectivity index (χ4v) is 5.46. The number of ether oxygens (including phenoxy) is 1. The van der Waals surface area contributed by atoms with E-state index >= 15 is 0 Å². The molecule has 6 rings (SSSR count). The summed E-state index contributed by atoms with van der Waals surface area (Å²) in [7, 11) is 1.48. The maximum atomic E-state index is 13.6. The van der Waals surface area contributed by atoms with Gasteiger partial charge in [-0.3, -0.25) is 9.59 Å². The van der Waals surface area contributed by atoms with Gasteiger partial charge in [-0.2, -0.15) is 0 Å². The normalized spacial score (nSPS) is 23.7. The van der Waals surface area contributed by atoms with Gasteiger partial charge >= 0.3 is 0 Å². The van der Waals surface area contributed by atoms with E-state index in [1.165, 1.54) is 18.7 Å². The van der Waals surface area contributed by atoms with Gasteiger partial charge in [0, 0.05) is 31.0 Å². The first-order valence-corrected chi connectivity index (χ1v) is 11.7. The van der Waals surface area contributed by atoms with Gasteiger partial charge in [-0.15, -0.1) is 10.2 Å². The van der Waals surface area contributed by atoms with Crippen LogP contribution in [0.2, 0.25) is 0 Å². The third-order valence-electron chi connectivity index (χ3n) is 7.42. The molecule has 0 radical (unpaired) electrons. The maximum Gasteiger partial charge on any atom is 0.292 e. The molecule has 176 valence electrons. The number of hydrogen-bond donors (Lipinski definition) is 1. The highest BCUT2D eigenvalue weighted by Gasteiger charge is 2.52. The summed E-state index contributed by atoms with van der Waals surface area (Å²) in [5, 5.41) is 15.4. The number of nitrogens with one attached hydrogen (secondary N) is 1. The van der Waals surface area contributed by atoms with Gasteiger partial charge in [-0.25, -0.2) is 0 Å². The third-order valence-corrected chi connectivity index (χ3v) is 7.42. The highest BCUT2D eigenvalue weighted by Crippen LogP contribution is 2.46. The number of aromatic nitrogens is 4. The molecule has 2 atom stereocenters. The van der Waals surface area contributed by atoms with Gasteiger partial charge in [0.2, 0.25) is 11.6 Å². The van der Waals surface area contributed by atoms with E-state index in [0.29, 0.717) is 25.3 Å². The van der Waals surface area contributed by atoms with E-state index in [9.17, 15) is 9.59 Å².